The van der Waals surface area contributed by atoms with E-state index in [-0.39, 0.29) is 57.7 Å². The van der Waals surface area contributed by atoms with E-state index >= 15 is 0 Å². The van der Waals surface area contributed by atoms with Gasteiger partial charge in [0, 0.05) is 10.8 Å². The first-order valence-electron chi connectivity index (χ1n) is 4.57. The fourth-order valence-corrected chi connectivity index (χ4v) is 2.34. The summed E-state index contributed by atoms with van der Waals surface area (Å²) in [5.74, 6) is 0.572. The van der Waals surface area contributed by atoms with Crippen LogP contribution in [0.5, 0.6) is 5.75 Å². The summed E-state index contributed by atoms with van der Waals surface area (Å²) in [6, 6.07) is 9.70. The van der Waals surface area contributed by atoms with Crippen molar-refractivity contribution in [2.24, 2.45) is 0 Å². The predicted octanol–water partition coefficient (Wildman–Crippen LogP) is -0.788. The topological polar surface area (TPSA) is 63.6 Å². The molecule has 2 rings (SSSR count). The van der Waals surface area contributed by atoms with Crippen LogP contribution in [0.2, 0.25) is 0 Å². The number of ether oxygens (including phenoxy) is 1. The third-order valence-corrected chi connectivity index (χ3v) is 3.25. The average molecular weight is 278 g/mol. The van der Waals surface area contributed by atoms with Gasteiger partial charge in [0.25, 0.3) is 10.1 Å². The Bertz CT molecular complexity index is 643. The second kappa shape index (κ2) is 5.79. The average Bonchev–Trinajstić information content (AvgIpc) is 2.26. The van der Waals surface area contributed by atoms with Gasteiger partial charge in [0.1, 0.15) is 10.6 Å². The summed E-state index contributed by atoms with van der Waals surface area (Å²) in [6.45, 7) is 0. The van der Waals surface area contributed by atoms with E-state index in [1.165, 1.54) is 19.2 Å². The Kier molecular flexibility index (Phi) is 5.15. The van der Waals surface area contributed by atoms with Crippen LogP contribution in [0.3, 0.4) is 0 Å². The molecule has 4 nitrogen and oxygen atoms in total. The summed E-state index contributed by atoms with van der Waals surface area (Å²) in [4.78, 5) is -0.107. The largest absolute Gasteiger partial charge is 1.00 e. The van der Waals surface area contributed by atoms with E-state index < -0.39 is 10.1 Å². The number of hydrogen-bond acceptors (Lipinski definition) is 3. The van der Waals surface area contributed by atoms with Gasteiger partial charge in [0.2, 0.25) is 0 Å². The number of rotatable bonds is 2. The molecule has 2 aromatic carbocycles. The molecule has 0 atom stereocenters. The van der Waals surface area contributed by atoms with Gasteiger partial charge in [0.05, 0.1) is 7.11 Å². The summed E-state index contributed by atoms with van der Waals surface area (Å²) < 4.78 is 36.5. The minimum atomic E-state index is -4.21. The van der Waals surface area contributed by atoms with Crippen LogP contribution in [0.15, 0.2) is 41.3 Å². The van der Waals surface area contributed by atoms with E-state index in [0.717, 1.165) is 0 Å². The maximum atomic E-state index is 11.2. The van der Waals surface area contributed by atoms with Gasteiger partial charge in [-0.3, -0.25) is 4.55 Å². The van der Waals surface area contributed by atoms with Crippen molar-refractivity contribution in [2.45, 2.75) is 4.90 Å². The smallest absolute Gasteiger partial charge is 1.00 e. The molecule has 0 fully saturated rings. The fourth-order valence-electron chi connectivity index (χ4n) is 1.65. The maximum Gasteiger partial charge on any atom is 1.00 e. The van der Waals surface area contributed by atoms with Crippen molar-refractivity contribution >= 4 is 20.9 Å². The standard InChI is InChI=1S/C11H10O4S.K.H/c1-15-10-6-7-11(16(12,13)14)9-5-3-2-4-8(9)10;;/h2-7H,1H3,(H,12,13,14);;/q;+1;-1. The molecule has 17 heavy (non-hydrogen) atoms. The van der Waals surface area contributed by atoms with Crippen molar-refractivity contribution in [3.63, 3.8) is 0 Å². The Morgan fingerprint density at radius 2 is 1.71 bits per heavy atom. The molecule has 0 radical (unpaired) electrons. The first-order valence-corrected chi connectivity index (χ1v) is 6.01. The van der Waals surface area contributed by atoms with Crippen LogP contribution in [0.25, 0.3) is 10.8 Å². The van der Waals surface area contributed by atoms with Crippen LogP contribution >= 0.6 is 0 Å². The van der Waals surface area contributed by atoms with Gasteiger partial charge < -0.3 is 6.16 Å². The van der Waals surface area contributed by atoms with E-state index in [2.05, 4.69) is 0 Å². The van der Waals surface area contributed by atoms with Crippen molar-refractivity contribution in [1.82, 2.24) is 0 Å². The zero-order valence-electron chi connectivity index (χ0n) is 10.5. The molecule has 0 aromatic heterocycles. The molecule has 0 saturated heterocycles. The summed E-state index contributed by atoms with van der Waals surface area (Å²) >= 11 is 0. The van der Waals surface area contributed by atoms with Gasteiger partial charge in [-0.15, -0.1) is 0 Å². The molecule has 6 heteroatoms. The molecule has 1 N–H and O–H groups in total. The molecular formula is C11H11KO4S. The third kappa shape index (κ3) is 3.08. The molecule has 0 bridgehead atoms. The van der Waals surface area contributed by atoms with Gasteiger partial charge in [-0.05, 0) is 12.1 Å². The van der Waals surface area contributed by atoms with Gasteiger partial charge >= 0.3 is 51.4 Å². The zero-order valence-corrected chi connectivity index (χ0v) is 13.5. The molecule has 86 valence electrons. The number of fused-ring (bicyclic) bond motifs is 1. The normalized spacial score (nSPS) is 10.9. The summed E-state index contributed by atoms with van der Waals surface area (Å²) in [5.41, 5.74) is 0. The number of hydrogen-bond donors (Lipinski definition) is 1. The molecule has 0 heterocycles. The second-order valence-corrected chi connectivity index (χ2v) is 4.68. The molecule has 2 aromatic rings. The zero-order chi connectivity index (χ0) is 11.8. The number of methoxy groups -OCH3 is 1. The first kappa shape index (κ1) is 15.1. The van der Waals surface area contributed by atoms with Crippen LogP contribution in [-0.2, 0) is 10.1 Å². The van der Waals surface area contributed by atoms with Gasteiger partial charge in [-0.1, -0.05) is 24.3 Å². The van der Waals surface area contributed by atoms with E-state index in [4.69, 9.17) is 9.29 Å². The van der Waals surface area contributed by atoms with Crippen molar-refractivity contribution in [3.8, 4) is 5.75 Å². The van der Waals surface area contributed by atoms with Crippen molar-refractivity contribution in [3.05, 3.63) is 36.4 Å². The number of benzene rings is 2. The van der Waals surface area contributed by atoms with Crippen LogP contribution in [0.1, 0.15) is 1.43 Å². The van der Waals surface area contributed by atoms with Crippen LogP contribution in [-0.4, -0.2) is 20.1 Å². The minimum Gasteiger partial charge on any atom is -1.00 e. The maximum absolute atomic E-state index is 11.2. The quantitative estimate of drug-likeness (QED) is 0.578. The van der Waals surface area contributed by atoms with E-state index in [1.54, 1.807) is 24.3 Å². The summed E-state index contributed by atoms with van der Waals surface area (Å²) in [7, 11) is -2.70. The second-order valence-electron chi connectivity index (χ2n) is 3.29. The molecule has 0 saturated carbocycles. The van der Waals surface area contributed by atoms with Crippen molar-refractivity contribution in [2.75, 3.05) is 7.11 Å². The predicted molar refractivity (Wildman–Crippen MR) is 61.4 cm³/mol. The summed E-state index contributed by atoms with van der Waals surface area (Å²) in [6.07, 6.45) is 0. The molecule has 0 aliphatic carbocycles. The Balaban J connectivity index is 0.00000144. The summed E-state index contributed by atoms with van der Waals surface area (Å²) in [5, 5.41) is 1.10. The molecular weight excluding hydrogens is 267 g/mol. The van der Waals surface area contributed by atoms with Crippen LogP contribution in [0.4, 0.5) is 0 Å². The van der Waals surface area contributed by atoms with E-state index in [9.17, 15) is 8.42 Å². The van der Waals surface area contributed by atoms with Gasteiger partial charge in [0.15, 0.2) is 0 Å². The molecule has 0 amide bonds. The van der Waals surface area contributed by atoms with Gasteiger partial charge in [-0.25, -0.2) is 0 Å². The Hall–Kier alpha value is 0.0464. The van der Waals surface area contributed by atoms with Crippen molar-refractivity contribution < 1.29 is 70.5 Å². The molecule has 0 aliphatic rings. The van der Waals surface area contributed by atoms with Crippen LogP contribution in [0, 0.1) is 0 Å². The molecule has 0 aliphatic heterocycles. The van der Waals surface area contributed by atoms with Crippen molar-refractivity contribution in [1.29, 1.82) is 0 Å². The third-order valence-electron chi connectivity index (χ3n) is 2.34. The Morgan fingerprint density at radius 1 is 1.12 bits per heavy atom. The SMILES string of the molecule is COc1ccc(S(=O)(=O)O)c2ccccc12.[H-].[K+]. The molecule has 0 unspecified atom stereocenters. The fraction of sp³-hybridized carbons (Fsp3) is 0.0909. The van der Waals surface area contributed by atoms with Crippen LogP contribution < -0.4 is 56.1 Å². The van der Waals surface area contributed by atoms with E-state index in [1.807, 2.05) is 0 Å². The Morgan fingerprint density at radius 3 is 2.24 bits per heavy atom. The first-order chi connectivity index (χ1) is 7.54. The van der Waals surface area contributed by atoms with E-state index in [0.29, 0.717) is 16.5 Å². The van der Waals surface area contributed by atoms with Gasteiger partial charge in [-0.2, -0.15) is 8.42 Å². The monoisotopic (exact) mass is 278 g/mol. The molecule has 0 spiro atoms. The minimum absolute atomic E-state index is 0. The Labute approximate surface area is 144 Å².